The van der Waals surface area contributed by atoms with Crippen LogP contribution in [0.4, 0.5) is 5.69 Å². The Bertz CT molecular complexity index is 1160. The van der Waals surface area contributed by atoms with Crippen LogP contribution >= 0.6 is 12.2 Å². The zero-order valence-corrected chi connectivity index (χ0v) is 16.5. The van der Waals surface area contributed by atoms with Crippen LogP contribution < -0.4 is 15.0 Å². The number of rotatable bonds is 4. The smallest absolute Gasteiger partial charge is 0.270 e. The number of carbonyl (C=O) groups excluding carboxylic acids is 2. The molecule has 0 spiro atoms. The first-order chi connectivity index (χ1) is 14.1. The Hall–Kier alpha value is -3.51. The van der Waals surface area contributed by atoms with E-state index in [1.54, 1.807) is 18.2 Å². The van der Waals surface area contributed by atoms with Gasteiger partial charge in [-0.2, -0.15) is 0 Å². The molecule has 6 heteroatoms. The molecule has 29 heavy (non-hydrogen) atoms. The van der Waals surface area contributed by atoms with E-state index < -0.39 is 11.8 Å². The van der Waals surface area contributed by atoms with E-state index in [2.05, 4.69) is 5.32 Å². The zero-order chi connectivity index (χ0) is 20.4. The highest BCUT2D eigenvalue weighted by atomic mass is 32.1. The van der Waals surface area contributed by atoms with Crippen molar-refractivity contribution < 1.29 is 14.3 Å². The lowest BCUT2D eigenvalue weighted by Crippen LogP contribution is -2.54. The normalized spacial score (nSPS) is 15.7. The molecule has 1 saturated heterocycles. The molecule has 0 radical (unpaired) electrons. The Kier molecular flexibility index (Phi) is 5.10. The van der Waals surface area contributed by atoms with Crippen molar-refractivity contribution >= 4 is 51.7 Å². The van der Waals surface area contributed by atoms with E-state index in [4.69, 9.17) is 17.0 Å². The summed E-state index contributed by atoms with van der Waals surface area (Å²) in [5, 5.41) is 4.56. The van der Waals surface area contributed by atoms with Gasteiger partial charge in [0, 0.05) is 5.56 Å². The second-order valence-corrected chi connectivity index (χ2v) is 6.81. The Morgan fingerprint density at radius 3 is 2.48 bits per heavy atom. The van der Waals surface area contributed by atoms with Gasteiger partial charge in [0.1, 0.15) is 11.3 Å². The summed E-state index contributed by atoms with van der Waals surface area (Å²) in [5.41, 5.74) is 1.28. The first kappa shape index (κ1) is 18.8. The molecule has 3 aromatic rings. The van der Waals surface area contributed by atoms with E-state index >= 15 is 0 Å². The van der Waals surface area contributed by atoms with E-state index in [1.165, 1.54) is 4.90 Å². The molecule has 144 valence electrons. The standard InChI is InChI=1S/C23H18N2O3S/c1-2-28-20-13-12-15-8-6-7-11-17(15)18(20)14-19-21(26)24-23(29)25(22(19)27)16-9-4-3-5-10-16/h3-14H,2H2,1H3,(H,24,26,29)/b19-14+. The number of hydrogen-bond acceptors (Lipinski definition) is 4. The lowest BCUT2D eigenvalue weighted by atomic mass is 9.99. The maximum atomic E-state index is 13.2. The molecular formula is C23H18N2O3S. The van der Waals surface area contributed by atoms with Crippen molar-refractivity contribution in [2.24, 2.45) is 0 Å². The minimum absolute atomic E-state index is 0.000223. The van der Waals surface area contributed by atoms with Crippen molar-refractivity contribution in [2.45, 2.75) is 6.92 Å². The van der Waals surface area contributed by atoms with E-state index in [1.807, 2.05) is 61.5 Å². The first-order valence-corrected chi connectivity index (χ1v) is 9.62. The number of carbonyl (C=O) groups is 2. The molecule has 1 fully saturated rings. The van der Waals surface area contributed by atoms with E-state index in [0.29, 0.717) is 23.6 Å². The summed E-state index contributed by atoms with van der Waals surface area (Å²) < 4.78 is 5.76. The number of amides is 2. The quantitative estimate of drug-likeness (QED) is 0.406. The molecule has 0 aromatic heterocycles. The summed E-state index contributed by atoms with van der Waals surface area (Å²) in [5.74, 6) is -0.387. The Morgan fingerprint density at radius 2 is 1.72 bits per heavy atom. The molecule has 5 nitrogen and oxygen atoms in total. The van der Waals surface area contributed by atoms with Crippen LogP contribution in [0.3, 0.4) is 0 Å². The van der Waals surface area contributed by atoms with E-state index in [0.717, 1.165) is 10.8 Å². The SMILES string of the molecule is CCOc1ccc2ccccc2c1/C=C1\C(=O)NC(=S)N(c2ccccc2)C1=O. The predicted octanol–water partition coefficient (Wildman–Crippen LogP) is 4.07. The van der Waals surface area contributed by atoms with Gasteiger partial charge < -0.3 is 4.74 Å². The third-order valence-corrected chi connectivity index (χ3v) is 4.92. The molecule has 1 heterocycles. The van der Waals surface area contributed by atoms with Crippen molar-refractivity contribution in [1.82, 2.24) is 5.32 Å². The summed E-state index contributed by atoms with van der Waals surface area (Å²) >= 11 is 5.25. The van der Waals surface area contributed by atoms with Gasteiger partial charge in [0.2, 0.25) is 0 Å². The molecule has 2 amide bonds. The number of anilines is 1. The summed E-state index contributed by atoms with van der Waals surface area (Å²) in [7, 11) is 0. The minimum atomic E-state index is -0.525. The molecule has 0 atom stereocenters. The van der Waals surface area contributed by atoms with Crippen molar-refractivity contribution in [3.8, 4) is 5.75 Å². The summed E-state index contributed by atoms with van der Waals surface area (Å²) in [4.78, 5) is 27.2. The third-order valence-electron chi connectivity index (χ3n) is 4.64. The Labute approximate surface area is 173 Å². The van der Waals surface area contributed by atoms with Gasteiger partial charge in [-0.3, -0.25) is 19.8 Å². The number of thiocarbonyl (C=S) groups is 1. The largest absolute Gasteiger partial charge is 0.493 e. The van der Waals surface area contributed by atoms with Crippen molar-refractivity contribution in [2.75, 3.05) is 11.5 Å². The summed E-state index contributed by atoms with van der Waals surface area (Å²) in [6.07, 6.45) is 1.59. The van der Waals surface area contributed by atoms with Gasteiger partial charge in [-0.1, -0.05) is 48.5 Å². The van der Waals surface area contributed by atoms with Crippen LogP contribution in [0.5, 0.6) is 5.75 Å². The second-order valence-electron chi connectivity index (χ2n) is 6.42. The molecular weight excluding hydrogens is 384 g/mol. The number of para-hydroxylation sites is 1. The molecule has 0 aliphatic carbocycles. The van der Waals surface area contributed by atoms with Gasteiger partial charge in [-0.25, -0.2) is 0 Å². The molecule has 0 saturated carbocycles. The molecule has 1 N–H and O–H groups in total. The highest BCUT2D eigenvalue weighted by Crippen LogP contribution is 2.31. The van der Waals surface area contributed by atoms with Gasteiger partial charge in [-0.15, -0.1) is 0 Å². The van der Waals surface area contributed by atoms with E-state index in [9.17, 15) is 9.59 Å². The maximum Gasteiger partial charge on any atom is 0.270 e. The molecule has 1 aliphatic rings. The molecule has 0 bridgehead atoms. The van der Waals surface area contributed by atoms with Crippen LogP contribution in [0.15, 0.2) is 72.3 Å². The van der Waals surface area contributed by atoms with Crippen LogP contribution in [0.25, 0.3) is 16.8 Å². The fourth-order valence-corrected chi connectivity index (χ4v) is 3.60. The zero-order valence-electron chi connectivity index (χ0n) is 15.7. The molecule has 4 rings (SSSR count). The minimum Gasteiger partial charge on any atom is -0.493 e. The Balaban J connectivity index is 1.87. The number of benzene rings is 3. The average Bonchev–Trinajstić information content (AvgIpc) is 2.73. The van der Waals surface area contributed by atoms with Crippen LogP contribution in [0, 0.1) is 0 Å². The third kappa shape index (κ3) is 3.50. The van der Waals surface area contributed by atoms with Crippen LogP contribution in [-0.2, 0) is 9.59 Å². The van der Waals surface area contributed by atoms with Gasteiger partial charge in [-0.05, 0) is 54.2 Å². The monoisotopic (exact) mass is 402 g/mol. The summed E-state index contributed by atoms with van der Waals surface area (Å²) in [6, 6.07) is 20.6. The highest BCUT2D eigenvalue weighted by molar-refractivity contribution is 7.80. The fraction of sp³-hybridized carbons (Fsp3) is 0.0870. The maximum absolute atomic E-state index is 13.2. The van der Waals surface area contributed by atoms with Crippen LogP contribution in [-0.4, -0.2) is 23.5 Å². The van der Waals surface area contributed by atoms with Crippen molar-refractivity contribution in [3.05, 3.63) is 77.9 Å². The molecule has 0 unspecified atom stereocenters. The number of hydrogen-bond donors (Lipinski definition) is 1. The predicted molar refractivity (Wildman–Crippen MR) is 118 cm³/mol. The lowest BCUT2D eigenvalue weighted by Gasteiger charge is -2.29. The van der Waals surface area contributed by atoms with Gasteiger partial charge in [0.05, 0.1) is 12.3 Å². The topological polar surface area (TPSA) is 58.6 Å². The van der Waals surface area contributed by atoms with Gasteiger partial charge in [0.15, 0.2) is 5.11 Å². The summed E-state index contributed by atoms with van der Waals surface area (Å²) in [6.45, 7) is 2.36. The number of ether oxygens (including phenoxy) is 1. The first-order valence-electron chi connectivity index (χ1n) is 9.21. The Morgan fingerprint density at radius 1 is 1.00 bits per heavy atom. The number of fused-ring (bicyclic) bond motifs is 1. The van der Waals surface area contributed by atoms with Gasteiger partial charge in [0.25, 0.3) is 11.8 Å². The van der Waals surface area contributed by atoms with Crippen molar-refractivity contribution in [1.29, 1.82) is 0 Å². The molecule has 3 aromatic carbocycles. The van der Waals surface area contributed by atoms with E-state index in [-0.39, 0.29) is 10.7 Å². The second kappa shape index (κ2) is 7.85. The average molecular weight is 402 g/mol. The highest BCUT2D eigenvalue weighted by Gasteiger charge is 2.34. The van der Waals surface area contributed by atoms with Crippen LogP contribution in [0.1, 0.15) is 12.5 Å². The van der Waals surface area contributed by atoms with Crippen LogP contribution in [0.2, 0.25) is 0 Å². The number of nitrogens with one attached hydrogen (secondary N) is 1. The van der Waals surface area contributed by atoms with Gasteiger partial charge >= 0.3 is 0 Å². The lowest BCUT2D eigenvalue weighted by molar-refractivity contribution is -0.122. The number of nitrogens with zero attached hydrogens (tertiary/aromatic N) is 1. The van der Waals surface area contributed by atoms with Crippen molar-refractivity contribution in [3.63, 3.8) is 0 Å². The molecule has 1 aliphatic heterocycles. The fourth-order valence-electron chi connectivity index (χ4n) is 3.32.